The van der Waals surface area contributed by atoms with E-state index in [1.807, 2.05) is 13.8 Å². The number of aromatic amines is 1. The number of piperidine rings is 1. The minimum Gasteiger partial charge on any atom is -0.335 e. The Morgan fingerprint density at radius 2 is 2.10 bits per heavy atom. The third-order valence-corrected chi connectivity index (χ3v) is 7.73. The zero-order chi connectivity index (χ0) is 22.6. The highest BCUT2D eigenvalue weighted by molar-refractivity contribution is 7.89. The summed E-state index contributed by atoms with van der Waals surface area (Å²) in [5.41, 5.74) is 0.194. The van der Waals surface area contributed by atoms with Gasteiger partial charge in [0.2, 0.25) is 15.9 Å². The van der Waals surface area contributed by atoms with E-state index in [1.54, 1.807) is 23.1 Å². The first-order valence-electron chi connectivity index (χ1n) is 10.7. The summed E-state index contributed by atoms with van der Waals surface area (Å²) in [6.07, 6.45) is 2.59. The number of hydrogen-bond acceptors (Lipinski definition) is 5. The number of H-pyrrole nitrogens is 1. The van der Waals surface area contributed by atoms with Crippen molar-refractivity contribution < 1.29 is 13.2 Å². The van der Waals surface area contributed by atoms with Crippen molar-refractivity contribution in [3.63, 3.8) is 0 Å². The highest BCUT2D eigenvalue weighted by Crippen LogP contribution is 2.23. The van der Waals surface area contributed by atoms with Crippen LogP contribution in [0.4, 0.5) is 0 Å². The van der Waals surface area contributed by atoms with Gasteiger partial charge in [-0.2, -0.15) is 0 Å². The molecule has 1 aromatic heterocycles. The second kappa shape index (κ2) is 10.1. The van der Waals surface area contributed by atoms with Gasteiger partial charge in [-0.05, 0) is 43.9 Å². The molecule has 170 valence electrons. The molecule has 0 saturated carbocycles. The lowest BCUT2D eigenvalue weighted by Crippen LogP contribution is -2.47. The van der Waals surface area contributed by atoms with E-state index >= 15 is 0 Å². The normalized spacial score (nSPS) is 17.7. The minimum atomic E-state index is -3.34. The standard InChI is InChI=1S/C21H29ClN4O4S/c1-3-9-25(14-19-23-18-12-16(22)7-8-17(18)20(27)24-19)21(28)15-6-5-10-26(13-15)31(29,30)11-4-2/h7-8,12,15H,3-6,9-11,13-14H2,1-2H3,(H,23,24,27). The number of hydrogen-bond donors (Lipinski definition) is 1. The summed E-state index contributed by atoms with van der Waals surface area (Å²) < 4.78 is 26.4. The van der Waals surface area contributed by atoms with Gasteiger partial charge >= 0.3 is 0 Å². The summed E-state index contributed by atoms with van der Waals surface area (Å²) in [4.78, 5) is 34.6. The third kappa shape index (κ3) is 5.64. The smallest absolute Gasteiger partial charge is 0.258 e. The van der Waals surface area contributed by atoms with E-state index in [2.05, 4.69) is 9.97 Å². The molecular formula is C21H29ClN4O4S. The molecule has 2 aromatic rings. The topological polar surface area (TPSA) is 103 Å². The van der Waals surface area contributed by atoms with E-state index < -0.39 is 15.9 Å². The van der Waals surface area contributed by atoms with Gasteiger partial charge in [-0.1, -0.05) is 25.4 Å². The number of halogens is 1. The Morgan fingerprint density at radius 3 is 2.81 bits per heavy atom. The van der Waals surface area contributed by atoms with E-state index in [-0.39, 0.29) is 30.3 Å². The number of sulfonamides is 1. The molecule has 3 rings (SSSR count). The van der Waals surface area contributed by atoms with Crippen molar-refractivity contribution >= 4 is 38.4 Å². The van der Waals surface area contributed by atoms with Gasteiger partial charge in [-0.25, -0.2) is 17.7 Å². The first-order chi connectivity index (χ1) is 14.7. The Kier molecular flexibility index (Phi) is 7.72. The molecule has 31 heavy (non-hydrogen) atoms. The number of carbonyl (C=O) groups is 1. The number of carbonyl (C=O) groups excluding carboxylic acids is 1. The second-order valence-electron chi connectivity index (χ2n) is 7.95. The Hall–Kier alpha value is -1.97. The molecular weight excluding hydrogens is 440 g/mol. The number of benzene rings is 1. The second-order valence-corrected chi connectivity index (χ2v) is 10.5. The predicted molar refractivity (Wildman–Crippen MR) is 121 cm³/mol. The molecule has 1 aliphatic rings. The third-order valence-electron chi connectivity index (χ3n) is 5.45. The number of aromatic nitrogens is 2. The zero-order valence-corrected chi connectivity index (χ0v) is 19.5. The van der Waals surface area contributed by atoms with Crippen LogP contribution in [0.1, 0.15) is 45.4 Å². The molecule has 0 bridgehead atoms. The lowest BCUT2D eigenvalue weighted by molar-refractivity contribution is -0.137. The fourth-order valence-corrected chi connectivity index (χ4v) is 5.75. The highest BCUT2D eigenvalue weighted by Gasteiger charge is 2.34. The molecule has 2 heterocycles. The molecule has 1 N–H and O–H groups in total. The molecule has 0 spiro atoms. The average molecular weight is 469 g/mol. The van der Waals surface area contributed by atoms with Gasteiger partial charge in [0.05, 0.1) is 29.1 Å². The summed E-state index contributed by atoms with van der Waals surface area (Å²) in [5, 5.41) is 0.916. The van der Waals surface area contributed by atoms with Gasteiger partial charge in [0.25, 0.3) is 5.56 Å². The van der Waals surface area contributed by atoms with Crippen molar-refractivity contribution in [2.45, 2.75) is 46.1 Å². The maximum absolute atomic E-state index is 13.3. The summed E-state index contributed by atoms with van der Waals surface area (Å²) >= 11 is 6.03. The zero-order valence-electron chi connectivity index (χ0n) is 17.9. The molecule has 1 fully saturated rings. The average Bonchev–Trinajstić information content (AvgIpc) is 2.72. The number of amides is 1. The van der Waals surface area contributed by atoms with E-state index in [9.17, 15) is 18.0 Å². The molecule has 1 amide bonds. The molecule has 1 aromatic carbocycles. The van der Waals surface area contributed by atoms with E-state index in [4.69, 9.17) is 11.6 Å². The summed E-state index contributed by atoms with van der Waals surface area (Å²) in [6, 6.07) is 4.88. The quantitative estimate of drug-likeness (QED) is 0.641. The first kappa shape index (κ1) is 23.7. The van der Waals surface area contributed by atoms with Gasteiger partial charge in [0, 0.05) is 24.7 Å². The van der Waals surface area contributed by atoms with Crippen LogP contribution >= 0.6 is 11.6 Å². The van der Waals surface area contributed by atoms with Gasteiger partial charge in [0.1, 0.15) is 5.82 Å². The number of nitrogens with zero attached hydrogens (tertiary/aromatic N) is 3. The Morgan fingerprint density at radius 1 is 1.32 bits per heavy atom. The van der Waals surface area contributed by atoms with Crippen LogP contribution in [0, 0.1) is 5.92 Å². The Bertz CT molecular complexity index is 1100. The fourth-order valence-electron chi connectivity index (χ4n) is 4.00. The SMILES string of the molecule is CCCN(Cc1nc2cc(Cl)ccc2c(=O)[nH]1)C(=O)C1CCCN(S(=O)(=O)CCC)C1. The molecule has 10 heteroatoms. The van der Waals surface area contributed by atoms with Crippen LogP contribution in [-0.2, 0) is 21.4 Å². The van der Waals surface area contributed by atoms with Gasteiger partial charge in [0.15, 0.2) is 0 Å². The summed E-state index contributed by atoms with van der Waals surface area (Å²) in [5.74, 6) is -0.0225. The van der Waals surface area contributed by atoms with Crippen LogP contribution in [0.25, 0.3) is 10.9 Å². The van der Waals surface area contributed by atoms with Gasteiger partial charge < -0.3 is 9.88 Å². The Labute approximate surface area is 187 Å². The number of rotatable bonds is 8. The van der Waals surface area contributed by atoms with E-state index in [0.29, 0.717) is 54.1 Å². The maximum atomic E-state index is 13.3. The molecule has 1 aliphatic heterocycles. The van der Waals surface area contributed by atoms with Crippen molar-refractivity contribution in [3.8, 4) is 0 Å². The monoisotopic (exact) mass is 468 g/mol. The first-order valence-corrected chi connectivity index (χ1v) is 12.7. The molecule has 8 nitrogen and oxygen atoms in total. The van der Waals surface area contributed by atoms with Crippen LogP contribution in [0.3, 0.4) is 0 Å². The molecule has 0 radical (unpaired) electrons. The van der Waals surface area contributed by atoms with E-state index in [0.717, 1.165) is 6.42 Å². The minimum absolute atomic E-state index is 0.0946. The number of nitrogens with one attached hydrogen (secondary N) is 1. The van der Waals surface area contributed by atoms with Crippen molar-refractivity contribution in [1.29, 1.82) is 0 Å². The molecule has 1 unspecified atom stereocenters. The van der Waals surface area contributed by atoms with Crippen LogP contribution in [-0.4, -0.2) is 58.9 Å². The van der Waals surface area contributed by atoms with E-state index in [1.165, 1.54) is 4.31 Å². The van der Waals surface area contributed by atoms with Crippen LogP contribution in [0.15, 0.2) is 23.0 Å². The summed E-state index contributed by atoms with van der Waals surface area (Å²) in [6.45, 7) is 5.11. The fraction of sp³-hybridized carbons (Fsp3) is 0.571. The maximum Gasteiger partial charge on any atom is 0.258 e. The summed E-state index contributed by atoms with van der Waals surface area (Å²) in [7, 11) is -3.34. The van der Waals surface area contributed by atoms with Crippen LogP contribution in [0.5, 0.6) is 0 Å². The number of fused-ring (bicyclic) bond motifs is 1. The molecule has 0 aliphatic carbocycles. The molecule has 1 atom stereocenters. The van der Waals surface area contributed by atoms with Gasteiger partial charge in [-0.3, -0.25) is 9.59 Å². The lowest BCUT2D eigenvalue weighted by Gasteiger charge is -2.34. The highest BCUT2D eigenvalue weighted by atomic mass is 35.5. The van der Waals surface area contributed by atoms with Crippen molar-refractivity contribution in [2.75, 3.05) is 25.4 Å². The predicted octanol–water partition coefficient (Wildman–Crippen LogP) is 2.77. The lowest BCUT2D eigenvalue weighted by atomic mass is 9.98. The van der Waals surface area contributed by atoms with Gasteiger partial charge in [-0.15, -0.1) is 0 Å². The van der Waals surface area contributed by atoms with Crippen molar-refractivity contribution in [1.82, 2.24) is 19.2 Å². The molecule has 1 saturated heterocycles. The van der Waals surface area contributed by atoms with Crippen molar-refractivity contribution in [2.24, 2.45) is 5.92 Å². The van der Waals surface area contributed by atoms with Crippen molar-refractivity contribution in [3.05, 3.63) is 39.4 Å². The largest absolute Gasteiger partial charge is 0.335 e. The van der Waals surface area contributed by atoms with Crippen LogP contribution < -0.4 is 5.56 Å². The Balaban J connectivity index is 1.81. The van der Waals surface area contributed by atoms with Crippen LogP contribution in [0.2, 0.25) is 5.02 Å².